The Morgan fingerprint density at radius 3 is 2.87 bits per heavy atom. The minimum atomic E-state index is -0.174. The van der Waals surface area contributed by atoms with Crippen LogP contribution in [-0.4, -0.2) is 15.9 Å². The van der Waals surface area contributed by atoms with E-state index in [1.54, 1.807) is 19.2 Å². The van der Waals surface area contributed by atoms with Gasteiger partial charge in [0.2, 0.25) is 0 Å². The number of hydrogen-bond acceptors (Lipinski definition) is 4. The summed E-state index contributed by atoms with van der Waals surface area (Å²) in [6, 6.07) is 11.2. The van der Waals surface area contributed by atoms with E-state index in [9.17, 15) is 4.79 Å². The maximum atomic E-state index is 12.5. The lowest BCUT2D eigenvalue weighted by Gasteiger charge is -2.04. The second-order valence-electron chi connectivity index (χ2n) is 6.10. The molecule has 3 aromatic rings. The Labute approximate surface area is 133 Å². The van der Waals surface area contributed by atoms with Crippen molar-refractivity contribution < 1.29 is 4.42 Å². The highest BCUT2D eigenvalue weighted by Crippen LogP contribution is 2.47. The molecule has 2 atom stereocenters. The number of rotatable bonds is 3. The lowest BCUT2D eigenvalue weighted by Crippen LogP contribution is -2.20. The smallest absolute Gasteiger partial charge is 0.282 e. The van der Waals surface area contributed by atoms with Gasteiger partial charge < -0.3 is 4.42 Å². The second kappa shape index (κ2) is 5.19. The molecule has 2 heterocycles. The van der Waals surface area contributed by atoms with E-state index in [0.29, 0.717) is 34.3 Å². The maximum Gasteiger partial charge on any atom is 0.282 e. The zero-order valence-electron chi connectivity index (χ0n) is 13.1. The van der Waals surface area contributed by atoms with Gasteiger partial charge in [-0.05, 0) is 43.5 Å². The first-order valence-electron chi connectivity index (χ1n) is 7.76. The van der Waals surface area contributed by atoms with E-state index >= 15 is 0 Å². The highest BCUT2D eigenvalue weighted by atomic mass is 16.3. The lowest BCUT2D eigenvalue weighted by atomic mass is 10.2. The standard InChI is InChI=1S/C18H17N3O2/c1-11-9-15(11)17-8-7-13(23-17)10-19-21-12(2)20-16-6-4-3-5-14(16)18(21)22/h3-8,10-11,15H,9H2,1-2H3/b19-10-/t11-,15+/m1/s1. The maximum absolute atomic E-state index is 12.5. The third-order valence-corrected chi connectivity index (χ3v) is 4.34. The molecular weight excluding hydrogens is 290 g/mol. The van der Waals surface area contributed by atoms with Crippen LogP contribution in [0.25, 0.3) is 10.9 Å². The van der Waals surface area contributed by atoms with Gasteiger partial charge in [-0.15, -0.1) is 0 Å². The van der Waals surface area contributed by atoms with Gasteiger partial charge in [0.15, 0.2) is 0 Å². The van der Waals surface area contributed by atoms with Crippen molar-refractivity contribution in [3.8, 4) is 0 Å². The summed E-state index contributed by atoms with van der Waals surface area (Å²) in [6.07, 6.45) is 2.75. The van der Waals surface area contributed by atoms with E-state index in [0.717, 1.165) is 5.76 Å². The molecule has 2 aromatic heterocycles. The predicted octanol–water partition coefficient (Wildman–Crippen LogP) is 3.30. The van der Waals surface area contributed by atoms with Gasteiger partial charge >= 0.3 is 0 Å². The van der Waals surface area contributed by atoms with E-state index in [1.807, 2.05) is 30.3 Å². The van der Waals surface area contributed by atoms with E-state index < -0.39 is 0 Å². The summed E-state index contributed by atoms with van der Waals surface area (Å²) in [5, 5.41) is 4.82. The number of furan rings is 1. The Morgan fingerprint density at radius 1 is 1.30 bits per heavy atom. The van der Waals surface area contributed by atoms with Crippen LogP contribution in [0.2, 0.25) is 0 Å². The van der Waals surface area contributed by atoms with E-state index in [2.05, 4.69) is 17.0 Å². The van der Waals surface area contributed by atoms with Gasteiger partial charge in [-0.25, -0.2) is 4.98 Å². The zero-order valence-corrected chi connectivity index (χ0v) is 13.1. The number of para-hydroxylation sites is 1. The molecule has 0 unspecified atom stereocenters. The summed E-state index contributed by atoms with van der Waals surface area (Å²) in [5.74, 6) is 3.43. The van der Waals surface area contributed by atoms with Gasteiger partial charge in [0, 0.05) is 5.92 Å². The van der Waals surface area contributed by atoms with Gasteiger partial charge in [-0.1, -0.05) is 19.1 Å². The minimum Gasteiger partial charge on any atom is -0.460 e. The van der Waals surface area contributed by atoms with E-state index in [4.69, 9.17) is 4.42 Å². The molecule has 5 heteroatoms. The Kier molecular flexibility index (Phi) is 3.15. The average molecular weight is 307 g/mol. The SMILES string of the molecule is Cc1nc2ccccc2c(=O)n1/N=C\c1ccc([C@H]2C[C@H]2C)o1. The van der Waals surface area contributed by atoms with Crippen molar-refractivity contribution in [1.82, 2.24) is 9.66 Å². The van der Waals surface area contributed by atoms with Crippen molar-refractivity contribution in [1.29, 1.82) is 0 Å². The monoisotopic (exact) mass is 307 g/mol. The first-order valence-corrected chi connectivity index (χ1v) is 7.76. The number of aryl methyl sites for hydroxylation is 1. The molecule has 0 radical (unpaired) electrons. The van der Waals surface area contributed by atoms with Crippen molar-refractivity contribution in [2.24, 2.45) is 11.0 Å². The molecular formula is C18H17N3O2. The third-order valence-electron chi connectivity index (χ3n) is 4.34. The van der Waals surface area contributed by atoms with Crippen molar-refractivity contribution in [3.05, 3.63) is 64.1 Å². The van der Waals surface area contributed by atoms with Crippen LogP contribution in [0.3, 0.4) is 0 Å². The lowest BCUT2D eigenvalue weighted by molar-refractivity contribution is 0.499. The number of nitrogens with zero attached hydrogens (tertiary/aromatic N) is 3. The van der Waals surface area contributed by atoms with Gasteiger partial charge in [-0.3, -0.25) is 4.79 Å². The molecule has 0 spiro atoms. The fourth-order valence-electron chi connectivity index (χ4n) is 2.84. The fraction of sp³-hybridized carbons (Fsp3) is 0.278. The quantitative estimate of drug-likeness (QED) is 0.697. The first-order chi connectivity index (χ1) is 11.1. The summed E-state index contributed by atoms with van der Waals surface area (Å²) < 4.78 is 7.09. The molecule has 1 fully saturated rings. The topological polar surface area (TPSA) is 60.4 Å². The Bertz CT molecular complexity index is 968. The van der Waals surface area contributed by atoms with Crippen LogP contribution in [0.5, 0.6) is 0 Å². The Balaban J connectivity index is 1.69. The van der Waals surface area contributed by atoms with Crippen LogP contribution >= 0.6 is 0 Å². The minimum absolute atomic E-state index is 0.174. The number of fused-ring (bicyclic) bond motifs is 1. The van der Waals surface area contributed by atoms with Crippen molar-refractivity contribution >= 4 is 17.1 Å². The molecule has 23 heavy (non-hydrogen) atoms. The summed E-state index contributed by atoms with van der Waals surface area (Å²) in [6.45, 7) is 3.98. The van der Waals surface area contributed by atoms with Gasteiger partial charge in [0.05, 0.1) is 17.1 Å². The van der Waals surface area contributed by atoms with Crippen molar-refractivity contribution in [2.75, 3.05) is 0 Å². The highest BCUT2D eigenvalue weighted by Gasteiger charge is 2.36. The molecule has 5 nitrogen and oxygen atoms in total. The van der Waals surface area contributed by atoms with E-state index in [-0.39, 0.29) is 5.56 Å². The summed E-state index contributed by atoms with van der Waals surface area (Å²) >= 11 is 0. The third kappa shape index (κ3) is 2.48. The van der Waals surface area contributed by atoms with Crippen LogP contribution in [-0.2, 0) is 0 Å². The van der Waals surface area contributed by atoms with E-state index in [1.165, 1.54) is 11.1 Å². The fourth-order valence-corrected chi connectivity index (χ4v) is 2.84. The van der Waals surface area contributed by atoms with Crippen LogP contribution in [0, 0.1) is 12.8 Å². The molecule has 0 bridgehead atoms. The van der Waals surface area contributed by atoms with Crippen molar-refractivity contribution in [2.45, 2.75) is 26.2 Å². The predicted molar refractivity (Wildman–Crippen MR) is 89.0 cm³/mol. The molecule has 0 aliphatic heterocycles. The second-order valence-corrected chi connectivity index (χ2v) is 6.10. The molecule has 4 rings (SSSR count). The van der Waals surface area contributed by atoms with Crippen LogP contribution < -0.4 is 5.56 Å². The van der Waals surface area contributed by atoms with Crippen LogP contribution in [0.15, 0.2) is 50.7 Å². The largest absolute Gasteiger partial charge is 0.460 e. The molecule has 0 amide bonds. The van der Waals surface area contributed by atoms with Gasteiger partial charge in [0.25, 0.3) is 5.56 Å². The summed E-state index contributed by atoms with van der Waals surface area (Å²) in [5.41, 5.74) is 0.511. The summed E-state index contributed by atoms with van der Waals surface area (Å²) in [4.78, 5) is 16.9. The molecule has 1 aromatic carbocycles. The summed E-state index contributed by atoms with van der Waals surface area (Å²) in [7, 11) is 0. The number of aromatic nitrogens is 2. The van der Waals surface area contributed by atoms with Crippen molar-refractivity contribution in [3.63, 3.8) is 0 Å². The van der Waals surface area contributed by atoms with Gasteiger partial charge in [-0.2, -0.15) is 9.78 Å². The highest BCUT2D eigenvalue weighted by molar-refractivity contribution is 5.78. The molecule has 116 valence electrons. The van der Waals surface area contributed by atoms with Crippen LogP contribution in [0.1, 0.15) is 36.6 Å². The molecule has 1 aliphatic rings. The van der Waals surface area contributed by atoms with Gasteiger partial charge in [0.1, 0.15) is 17.3 Å². The average Bonchev–Trinajstić information content (AvgIpc) is 3.08. The molecule has 1 aliphatic carbocycles. The normalized spacial score (nSPS) is 20.4. The zero-order chi connectivity index (χ0) is 16.0. The van der Waals surface area contributed by atoms with Crippen LogP contribution in [0.4, 0.5) is 0 Å². The number of hydrogen-bond donors (Lipinski definition) is 0. The Morgan fingerprint density at radius 2 is 2.09 bits per heavy atom. The number of benzene rings is 1. The molecule has 0 saturated heterocycles. The molecule has 1 saturated carbocycles. The first kappa shape index (κ1) is 13.9. The Hall–Kier alpha value is -2.69. The molecule has 0 N–H and O–H groups in total.